The summed E-state index contributed by atoms with van der Waals surface area (Å²) >= 11 is 0. The van der Waals surface area contributed by atoms with Crippen molar-refractivity contribution in [2.75, 3.05) is 36.0 Å². The summed E-state index contributed by atoms with van der Waals surface area (Å²) in [6.45, 7) is 8.62. The summed E-state index contributed by atoms with van der Waals surface area (Å²) in [5.74, 6) is 0.601. The van der Waals surface area contributed by atoms with Gasteiger partial charge < -0.3 is 14.4 Å². The largest absolute Gasteiger partial charge is 0.369 e. The molecule has 8 nitrogen and oxygen atoms in total. The molecule has 0 unspecified atom stereocenters. The molecule has 44 heavy (non-hydrogen) atoms. The summed E-state index contributed by atoms with van der Waals surface area (Å²) in [7, 11) is 0. The van der Waals surface area contributed by atoms with Crippen molar-refractivity contribution in [3.8, 4) is 0 Å². The van der Waals surface area contributed by atoms with Crippen LogP contribution in [0.2, 0.25) is 0 Å². The van der Waals surface area contributed by atoms with Crippen LogP contribution in [0, 0.1) is 19.7 Å². The van der Waals surface area contributed by atoms with Crippen LogP contribution in [0.3, 0.4) is 0 Å². The van der Waals surface area contributed by atoms with Gasteiger partial charge in [0, 0.05) is 80.4 Å². The Labute approximate surface area is 258 Å². The molecule has 3 aromatic heterocycles. The molecule has 3 fully saturated rings. The highest BCUT2D eigenvalue weighted by Gasteiger charge is 2.30. The van der Waals surface area contributed by atoms with E-state index in [0.717, 1.165) is 93.0 Å². The first-order valence-electron chi connectivity index (χ1n) is 16.2. The fourth-order valence-corrected chi connectivity index (χ4v) is 7.04. The highest BCUT2D eigenvalue weighted by molar-refractivity contribution is 5.84. The summed E-state index contributed by atoms with van der Waals surface area (Å²) in [5, 5.41) is 0.493. The third-order valence-electron chi connectivity index (χ3n) is 9.54. The van der Waals surface area contributed by atoms with Gasteiger partial charge in [0.1, 0.15) is 11.6 Å². The first-order valence-corrected chi connectivity index (χ1v) is 16.2. The average Bonchev–Trinajstić information content (AvgIpc) is 3.88. The summed E-state index contributed by atoms with van der Waals surface area (Å²) in [4.78, 5) is 34.6. The van der Waals surface area contributed by atoms with Gasteiger partial charge in [-0.2, -0.15) is 0 Å². The summed E-state index contributed by atoms with van der Waals surface area (Å²) in [6.07, 6.45) is 15.2. The SMILES string of the molecule is Cc1cnc(N2CCC[C@H](N(Cc3ccnc(C)c3)Cc3cn(C4CC4)c4cc(N5CCCCC5)c(F)cc4c3=O)C2)cn1. The molecule has 9 heteroatoms. The van der Waals surface area contributed by atoms with Crippen molar-refractivity contribution in [2.45, 2.75) is 84.0 Å². The number of anilines is 2. The van der Waals surface area contributed by atoms with E-state index in [9.17, 15) is 4.79 Å². The Morgan fingerprint density at radius 1 is 0.886 bits per heavy atom. The van der Waals surface area contributed by atoms with Gasteiger partial charge in [-0.25, -0.2) is 9.37 Å². The third-order valence-corrected chi connectivity index (χ3v) is 9.54. The zero-order chi connectivity index (χ0) is 30.2. The van der Waals surface area contributed by atoms with Gasteiger partial charge in [-0.05, 0) is 88.6 Å². The van der Waals surface area contributed by atoms with Crippen molar-refractivity contribution in [3.63, 3.8) is 0 Å². The number of nitrogens with zero attached hydrogens (tertiary/aromatic N) is 7. The fourth-order valence-electron chi connectivity index (χ4n) is 7.04. The average molecular weight is 596 g/mol. The van der Waals surface area contributed by atoms with Gasteiger partial charge in [-0.1, -0.05) is 0 Å². The molecule has 5 heterocycles. The van der Waals surface area contributed by atoms with Crippen LogP contribution >= 0.6 is 0 Å². The number of hydrogen-bond acceptors (Lipinski definition) is 7. The molecule has 0 N–H and O–H groups in total. The van der Waals surface area contributed by atoms with E-state index < -0.39 is 0 Å². The number of piperidine rings is 2. The molecule has 7 rings (SSSR count). The number of aromatic nitrogens is 4. The van der Waals surface area contributed by atoms with E-state index in [0.29, 0.717) is 30.2 Å². The Kier molecular flexibility index (Phi) is 8.06. The smallest absolute Gasteiger partial charge is 0.193 e. The van der Waals surface area contributed by atoms with Gasteiger partial charge >= 0.3 is 0 Å². The van der Waals surface area contributed by atoms with E-state index in [4.69, 9.17) is 0 Å². The lowest BCUT2D eigenvalue weighted by Crippen LogP contribution is -2.48. The Balaban J connectivity index is 1.25. The van der Waals surface area contributed by atoms with Gasteiger partial charge in [0.2, 0.25) is 0 Å². The van der Waals surface area contributed by atoms with Crippen LogP contribution in [0.1, 0.15) is 73.5 Å². The minimum absolute atomic E-state index is 0.0611. The van der Waals surface area contributed by atoms with Crippen molar-refractivity contribution in [2.24, 2.45) is 0 Å². The minimum Gasteiger partial charge on any atom is -0.369 e. The number of hydrogen-bond donors (Lipinski definition) is 0. The van der Waals surface area contributed by atoms with Crippen molar-refractivity contribution < 1.29 is 4.39 Å². The number of halogens is 1. The van der Waals surface area contributed by atoms with Crippen LogP contribution in [0.5, 0.6) is 0 Å². The van der Waals surface area contributed by atoms with Gasteiger partial charge in [0.25, 0.3) is 0 Å². The quantitative estimate of drug-likeness (QED) is 0.250. The first kappa shape index (κ1) is 28.9. The van der Waals surface area contributed by atoms with Crippen molar-refractivity contribution >= 4 is 22.4 Å². The lowest BCUT2D eigenvalue weighted by molar-refractivity contribution is 0.158. The lowest BCUT2D eigenvalue weighted by Gasteiger charge is -2.40. The van der Waals surface area contributed by atoms with Gasteiger partial charge in [-0.15, -0.1) is 0 Å². The second-order valence-corrected chi connectivity index (χ2v) is 13.0. The molecule has 1 atom stereocenters. The van der Waals surface area contributed by atoms with E-state index in [1.165, 1.54) is 18.1 Å². The Hall–Kier alpha value is -3.85. The first-order chi connectivity index (χ1) is 21.4. The van der Waals surface area contributed by atoms with Crippen LogP contribution in [0.4, 0.5) is 15.9 Å². The van der Waals surface area contributed by atoms with Crippen LogP contribution in [-0.2, 0) is 13.1 Å². The Morgan fingerprint density at radius 2 is 1.70 bits per heavy atom. The second kappa shape index (κ2) is 12.3. The van der Waals surface area contributed by atoms with Gasteiger partial charge in [-0.3, -0.25) is 19.7 Å². The maximum atomic E-state index is 15.6. The Morgan fingerprint density at radius 3 is 2.45 bits per heavy atom. The van der Waals surface area contributed by atoms with Gasteiger partial charge in [0.05, 0.1) is 29.3 Å². The summed E-state index contributed by atoms with van der Waals surface area (Å²) in [6, 6.07) is 8.21. The molecule has 0 radical (unpaired) electrons. The molecular formula is C35H42FN7O. The molecule has 0 amide bonds. The molecule has 1 aromatic carbocycles. The normalized spacial score (nSPS) is 19.2. The number of pyridine rings is 2. The van der Waals surface area contributed by atoms with Crippen LogP contribution in [0.15, 0.2) is 53.8 Å². The molecule has 0 bridgehead atoms. The summed E-state index contributed by atoms with van der Waals surface area (Å²) in [5.41, 5.74) is 5.22. The fraction of sp³-hybridized carbons (Fsp3) is 0.486. The molecule has 2 saturated heterocycles. The lowest BCUT2D eigenvalue weighted by atomic mass is 10.0. The highest BCUT2D eigenvalue weighted by atomic mass is 19.1. The highest BCUT2D eigenvalue weighted by Crippen LogP contribution is 2.38. The maximum Gasteiger partial charge on any atom is 0.193 e. The van der Waals surface area contributed by atoms with Crippen LogP contribution < -0.4 is 15.2 Å². The second-order valence-electron chi connectivity index (χ2n) is 13.0. The molecule has 0 spiro atoms. The van der Waals surface area contributed by atoms with E-state index in [2.05, 4.69) is 52.5 Å². The zero-order valence-electron chi connectivity index (χ0n) is 25.9. The van der Waals surface area contributed by atoms with Crippen LogP contribution in [0.25, 0.3) is 10.9 Å². The monoisotopic (exact) mass is 595 g/mol. The van der Waals surface area contributed by atoms with E-state index >= 15 is 4.39 Å². The molecule has 3 aliphatic rings. The summed E-state index contributed by atoms with van der Waals surface area (Å²) < 4.78 is 17.9. The molecule has 2 aliphatic heterocycles. The van der Waals surface area contributed by atoms with Crippen molar-refractivity contribution in [3.05, 3.63) is 87.6 Å². The van der Waals surface area contributed by atoms with Crippen molar-refractivity contribution in [1.29, 1.82) is 0 Å². The number of aryl methyl sites for hydroxylation is 2. The molecule has 4 aromatic rings. The molecule has 1 saturated carbocycles. The molecular weight excluding hydrogens is 553 g/mol. The predicted molar refractivity (Wildman–Crippen MR) is 173 cm³/mol. The Bertz CT molecular complexity index is 1690. The topological polar surface area (TPSA) is 70.4 Å². The van der Waals surface area contributed by atoms with E-state index in [1.54, 1.807) is 0 Å². The van der Waals surface area contributed by atoms with Gasteiger partial charge in [0.15, 0.2) is 5.43 Å². The van der Waals surface area contributed by atoms with Crippen LogP contribution in [-0.4, -0.2) is 56.6 Å². The molecule has 1 aliphatic carbocycles. The van der Waals surface area contributed by atoms with E-state index in [1.807, 2.05) is 38.5 Å². The zero-order valence-corrected chi connectivity index (χ0v) is 25.9. The predicted octanol–water partition coefficient (Wildman–Crippen LogP) is 5.94. The maximum absolute atomic E-state index is 15.6. The molecule has 230 valence electrons. The number of fused-ring (bicyclic) bond motifs is 1. The standard InChI is InChI=1S/C35H42FN7O/c1-24-15-26(10-11-37-24)20-42(29-7-6-14-41(23-29)34-19-38-25(2)18-39-34)21-27-22-43(28-8-9-28)32-17-33(40-12-4-3-5-13-40)31(36)16-30(32)35(27)44/h10-11,15-19,22,28-29H,3-9,12-14,20-21,23H2,1-2H3/t29-/m0/s1. The number of benzene rings is 1. The van der Waals surface area contributed by atoms with Crippen molar-refractivity contribution in [1.82, 2.24) is 24.4 Å². The minimum atomic E-state index is -0.290. The third kappa shape index (κ3) is 6.07. The van der Waals surface area contributed by atoms with E-state index in [-0.39, 0.29) is 17.3 Å². The number of rotatable bonds is 8.